The minimum atomic E-state index is -3.25. The fraction of sp³-hybridized carbons (Fsp3) is 1.00. The van der Waals surface area contributed by atoms with Crippen LogP contribution in [0.2, 0.25) is 0 Å². The van der Waals surface area contributed by atoms with E-state index in [0.717, 1.165) is 6.42 Å². The lowest BCUT2D eigenvalue weighted by molar-refractivity contribution is 0.0987. The Morgan fingerprint density at radius 3 is 2.86 bits per heavy atom. The van der Waals surface area contributed by atoms with Crippen LogP contribution in [0.4, 0.5) is 0 Å². The molecule has 1 unspecified atom stereocenters. The van der Waals surface area contributed by atoms with Crippen molar-refractivity contribution < 1.29 is 13.2 Å². The fourth-order valence-electron chi connectivity index (χ4n) is 1.38. The predicted octanol–water partition coefficient (Wildman–Crippen LogP) is -0.568. The molecule has 84 valence electrons. The number of ether oxygens (including phenoxy) is 1. The molecule has 0 aromatic rings. The molecule has 1 aliphatic rings. The predicted molar refractivity (Wildman–Crippen MR) is 54.4 cm³/mol. The molecule has 1 fully saturated rings. The Labute approximate surface area is 85.1 Å². The highest BCUT2D eigenvalue weighted by Crippen LogP contribution is 2.13. The molecule has 0 saturated carbocycles. The number of rotatable bonds is 4. The summed E-state index contributed by atoms with van der Waals surface area (Å²) in [6, 6.07) is -0.207. The molecule has 6 heteroatoms. The van der Waals surface area contributed by atoms with Gasteiger partial charge in [0.05, 0.1) is 11.9 Å². The maximum absolute atomic E-state index is 11.7. The normalized spacial score (nSPS) is 26.0. The maximum atomic E-state index is 11.7. The molecule has 3 N–H and O–H groups in total. The minimum Gasteiger partial charge on any atom is -0.380 e. The quantitative estimate of drug-likeness (QED) is 0.667. The summed E-state index contributed by atoms with van der Waals surface area (Å²) in [5.41, 5.74) is 5.35. The first kappa shape index (κ1) is 11.9. The fourth-order valence-corrected chi connectivity index (χ4v) is 2.98. The lowest BCUT2D eigenvalue weighted by atomic mass is 10.2. The molecule has 0 aromatic heterocycles. The van der Waals surface area contributed by atoms with Gasteiger partial charge in [-0.05, 0) is 19.8 Å². The van der Waals surface area contributed by atoms with Gasteiger partial charge in [-0.3, -0.25) is 0 Å². The first-order chi connectivity index (χ1) is 6.56. The molecule has 0 amide bonds. The maximum Gasteiger partial charge on any atom is 0.217 e. The zero-order valence-corrected chi connectivity index (χ0v) is 9.22. The Balaban J connectivity index is 2.54. The van der Waals surface area contributed by atoms with Gasteiger partial charge >= 0.3 is 0 Å². The van der Waals surface area contributed by atoms with Gasteiger partial charge in [0.25, 0.3) is 0 Å². The van der Waals surface area contributed by atoms with Crippen LogP contribution in [0.25, 0.3) is 0 Å². The Hall–Kier alpha value is -0.170. The van der Waals surface area contributed by atoms with Crippen molar-refractivity contribution in [2.24, 2.45) is 5.73 Å². The van der Waals surface area contributed by atoms with E-state index in [1.807, 2.05) is 0 Å². The number of hydrogen-bond acceptors (Lipinski definition) is 4. The van der Waals surface area contributed by atoms with E-state index in [4.69, 9.17) is 10.5 Å². The van der Waals surface area contributed by atoms with E-state index in [2.05, 4.69) is 4.72 Å². The SMILES string of the molecule is C[C@@H](CN)NS(=O)(=O)C1CCCOC1. The van der Waals surface area contributed by atoms with Gasteiger partial charge in [0.1, 0.15) is 0 Å². The van der Waals surface area contributed by atoms with Gasteiger partial charge in [-0.1, -0.05) is 0 Å². The average molecular weight is 222 g/mol. The molecule has 2 atom stereocenters. The Bertz CT molecular complexity index is 260. The summed E-state index contributed by atoms with van der Waals surface area (Å²) in [6.45, 7) is 3.03. The van der Waals surface area contributed by atoms with Crippen molar-refractivity contribution in [2.75, 3.05) is 19.8 Å². The van der Waals surface area contributed by atoms with Crippen molar-refractivity contribution in [3.8, 4) is 0 Å². The topological polar surface area (TPSA) is 81.4 Å². The van der Waals surface area contributed by atoms with E-state index < -0.39 is 15.3 Å². The molecule has 0 aliphatic carbocycles. The monoisotopic (exact) mass is 222 g/mol. The number of hydrogen-bond donors (Lipinski definition) is 2. The molecule has 1 saturated heterocycles. The standard InChI is InChI=1S/C8H18N2O3S/c1-7(5-9)10-14(11,12)8-3-2-4-13-6-8/h7-8,10H,2-6,9H2,1H3/t7-,8?/m0/s1. The van der Waals surface area contributed by atoms with E-state index in [9.17, 15) is 8.42 Å². The second-order valence-corrected chi connectivity index (χ2v) is 5.63. The summed E-state index contributed by atoms with van der Waals surface area (Å²) in [6.07, 6.45) is 1.48. The zero-order chi connectivity index (χ0) is 10.6. The largest absolute Gasteiger partial charge is 0.380 e. The van der Waals surface area contributed by atoms with Gasteiger partial charge in [0, 0.05) is 19.2 Å². The smallest absolute Gasteiger partial charge is 0.217 e. The van der Waals surface area contributed by atoms with Crippen LogP contribution in [0.15, 0.2) is 0 Å². The van der Waals surface area contributed by atoms with Crippen LogP contribution in [-0.4, -0.2) is 39.5 Å². The van der Waals surface area contributed by atoms with E-state index >= 15 is 0 Å². The average Bonchev–Trinajstić information content (AvgIpc) is 2.18. The summed E-state index contributed by atoms with van der Waals surface area (Å²) in [4.78, 5) is 0. The number of nitrogens with one attached hydrogen (secondary N) is 1. The van der Waals surface area contributed by atoms with Crippen LogP contribution in [0.5, 0.6) is 0 Å². The third kappa shape index (κ3) is 3.20. The minimum absolute atomic E-state index is 0.207. The number of sulfonamides is 1. The van der Waals surface area contributed by atoms with E-state index in [0.29, 0.717) is 26.2 Å². The Kier molecular flexibility index (Phi) is 4.31. The molecule has 5 nitrogen and oxygen atoms in total. The molecular formula is C8H18N2O3S. The van der Waals surface area contributed by atoms with Crippen LogP contribution < -0.4 is 10.5 Å². The Morgan fingerprint density at radius 2 is 2.36 bits per heavy atom. The highest BCUT2D eigenvalue weighted by molar-refractivity contribution is 7.90. The van der Waals surface area contributed by atoms with Gasteiger partial charge in [-0.25, -0.2) is 13.1 Å². The van der Waals surface area contributed by atoms with Crippen LogP contribution in [-0.2, 0) is 14.8 Å². The zero-order valence-electron chi connectivity index (χ0n) is 8.40. The summed E-state index contributed by atoms with van der Waals surface area (Å²) in [7, 11) is -3.25. The summed E-state index contributed by atoms with van der Waals surface area (Å²) in [5, 5.41) is -0.412. The van der Waals surface area contributed by atoms with Crippen LogP contribution in [0.3, 0.4) is 0 Å². The van der Waals surface area contributed by atoms with Gasteiger partial charge in [0.15, 0.2) is 0 Å². The van der Waals surface area contributed by atoms with Crippen molar-refractivity contribution in [2.45, 2.75) is 31.1 Å². The van der Waals surface area contributed by atoms with Gasteiger partial charge in [-0.15, -0.1) is 0 Å². The van der Waals surface area contributed by atoms with Gasteiger partial charge in [-0.2, -0.15) is 0 Å². The second-order valence-electron chi connectivity index (χ2n) is 3.64. The lowest BCUT2D eigenvalue weighted by Gasteiger charge is -2.23. The molecule has 0 radical (unpaired) electrons. The van der Waals surface area contributed by atoms with E-state index in [1.165, 1.54) is 0 Å². The van der Waals surface area contributed by atoms with Gasteiger partial charge in [0.2, 0.25) is 10.0 Å². The summed E-state index contributed by atoms with van der Waals surface area (Å²) >= 11 is 0. The van der Waals surface area contributed by atoms with Crippen molar-refractivity contribution in [3.63, 3.8) is 0 Å². The van der Waals surface area contributed by atoms with Gasteiger partial charge < -0.3 is 10.5 Å². The molecule has 0 bridgehead atoms. The van der Waals surface area contributed by atoms with Crippen LogP contribution >= 0.6 is 0 Å². The molecule has 1 rings (SSSR count). The molecule has 0 aromatic carbocycles. The van der Waals surface area contributed by atoms with Crippen molar-refractivity contribution >= 4 is 10.0 Å². The van der Waals surface area contributed by atoms with Crippen LogP contribution in [0.1, 0.15) is 19.8 Å². The molecular weight excluding hydrogens is 204 g/mol. The van der Waals surface area contributed by atoms with Crippen molar-refractivity contribution in [3.05, 3.63) is 0 Å². The van der Waals surface area contributed by atoms with E-state index in [-0.39, 0.29) is 6.04 Å². The molecule has 0 spiro atoms. The molecule has 1 heterocycles. The lowest BCUT2D eigenvalue weighted by Crippen LogP contribution is -2.45. The third-order valence-electron chi connectivity index (χ3n) is 2.28. The van der Waals surface area contributed by atoms with Crippen molar-refractivity contribution in [1.82, 2.24) is 4.72 Å². The van der Waals surface area contributed by atoms with E-state index in [1.54, 1.807) is 6.92 Å². The Morgan fingerprint density at radius 1 is 1.64 bits per heavy atom. The summed E-state index contributed by atoms with van der Waals surface area (Å²) in [5.74, 6) is 0. The second kappa shape index (κ2) is 5.06. The molecule has 14 heavy (non-hydrogen) atoms. The third-order valence-corrected chi connectivity index (χ3v) is 4.26. The first-order valence-corrected chi connectivity index (χ1v) is 6.40. The summed E-state index contributed by atoms with van der Waals surface area (Å²) < 4.78 is 31.1. The van der Waals surface area contributed by atoms with Crippen LogP contribution in [0, 0.1) is 0 Å². The molecule has 1 aliphatic heterocycles. The highest BCUT2D eigenvalue weighted by Gasteiger charge is 2.28. The highest BCUT2D eigenvalue weighted by atomic mass is 32.2. The number of nitrogens with two attached hydrogens (primary N) is 1. The first-order valence-electron chi connectivity index (χ1n) is 4.85. The van der Waals surface area contributed by atoms with Crippen molar-refractivity contribution in [1.29, 1.82) is 0 Å².